The van der Waals surface area contributed by atoms with Crippen LogP contribution < -0.4 is 0 Å². The van der Waals surface area contributed by atoms with Gasteiger partial charge in [0, 0.05) is 30.8 Å². The summed E-state index contributed by atoms with van der Waals surface area (Å²) in [5.74, 6) is 1.06. The molecule has 5 nitrogen and oxygen atoms in total. The predicted molar refractivity (Wildman–Crippen MR) is 82.5 cm³/mol. The second-order valence-electron chi connectivity index (χ2n) is 5.96. The molecule has 1 fully saturated rings. The molecule has 0 unspecified atom stereocenters. The third kappa shape index (κ3) is 3.09. The average Bonchev–Trinajstić information content (AvgIpc) is 2.87. The van der Waals surface area contributed by atoms with Crippen molar-refractivity contribution in [1.29, 1.82) is 0 Å². The van der Waals surface area contributed by atoms with E-state index >= 15 is 0 Å². The van der Waals surface area contributed by atoms with Crippen LogP contribution in [0.4, 0.5) is 0 Å². The van der Waals surface area contributed by atoms with Gasteiger partial charge in [0.1, 0.15) is 11.5 Å². The van der Waals surface area contributed by atoms with E-state index in [4.69, 9.17) is 4.52 Å². The number of rotatable bonds is 4. The van der Waals surface area contributed by atoms with Gasteiger partial charge in [-0.1, -0.05) is 11.2 Å². The Labute approximate surface area is 130 Å². The van der Waals surface area contributed by atoms with Crippen LogP contribution in [0.5, 0.6) is 0 Å². The molecule has 1 aliphatic rings. The molecule has 0 saturated carbocycles. The number of Topliss-reactive ketones (excluding diaryl/α,β-unsaturated/α-hetero) is 1. The normalized spacial score (nSPS) is 19.3. The molecule has 0 spiro atoms. The van der Waals surface area contributed by atoms with Crippen molar-refractivity contribution in [1.82, 2.24) is 15.0 Å². The van der Waals surface area contributed by atoms with Crippen molar-refractivity contribution in [2.45, 2.75) is 33.2 Å². The van der Waals surface area contributed by atoms with Crippen molar-refractivity contribution in [3.05, 3.63) is 47.1 Å². The molecule has 116 valence electrons. The van der Waals surface area contributed by atoms with Crippen LogP contribution in [0, 0.1) is 19.8 Å². The summed E-state index contributed by atoms with van der Waals surface area (Å²) in [5.41, 5.74) is 2.66. The minimum absolute atomic E-state index is 0.0316. The molecule has 1 atom stereocenters. The van der Waals surface area contributed by atoms with E-state index in [1.54, 1.807) is 12.3 Å². The van der Waals surface area contributed by atoms with Crippen molar-refractivity contribution in [2.75, 3.05) is 13.1 Å². The van der Waals surface area contributed by atoms with Gasteiger partial charge < -0.3 is 4.52 Å². The lowest BCUT2D eigenvalue weighted by Crippen LogP contribution is -2.38. The van der Waals surface area contributed by atoms with Crippen molar-refractivity contribution >= 4 is 5.78 Å². The van der Waals surface area contributed by atoms with Gasteiger partial charge in [-0.15, -0.1) is 0 Å². The maximum Gasteiger partial charge on any atom is 0.185 e. The van der Waals surface area contributed by atoms with Crippen LogP contribution in [0.2, 0.25) is 0 Å². The molecule has 0 aliphatic carbocycles. The van der Waals surface area contributed by atoms with E-state index in [0.29, 0.717) is 5.69 Å². The second-order valence-corrected chi connectivity index (χ2v) is 5.96. The van der Waals surface area contributed by atoms with Crippen LogP contribution in [-0.2, 0) is 6.54 Å². The van der Waals surface area contributed by atoms with Gasteiger partial charge in [-0.3, -0.25) is 14.7 Å². The minimum Gasteiger partial charge on any atom is -0.361 e. The molecule has 2 aromatic rings. The highest BCUT2D eigenvalue weighted by atomic mass is 16.5. The Morgan fingerprint density at radius 2 is 2.27 bits per heavy atom. The Bertz CT molecular complexity index is 632. The highest BCUT2D eigenvalue weighted by Crippen LogP contribution is 2.23. The first kappa shape index (κ1) is 14.9. The van der Waals surface area contributed by atoms with Gasteiger partial charge in [0.25, 0.3) is 0 Å². The lowest BCUT2D eigenvalue weighted by Gasteiger charge is -2.31. The number of carbonyl (C=O) groups is 1. The fraction of sp³-hybridized carbons (Fsp3) is 0.471. The van der Waals surface area contributed by atoms with Crippen LogP contribution >= 0.6 is 0 Å². The van der Waals surface area contributed by atoms with Crippen LogP contribution in [0.3, 0.4) is 0 Å². The number of carbonyl (C=O) groups excluding carboxylic acids is 1. The first-order chi connectivity index (χ1) is 10.6. The summed E-state index contributed by atoms with van der Waals surface area (Å²) in [6.07, 6.45) is 3.65. The van der Waals surface area contributed by atoms with Crippen molar-refractivity contribution in [3.8, 4) is 0 Å². The molecule has 0 N–H and O–H groups in total. The van der Waals surface area contributed by atoms with Crippen molar-refractivity contribution < 1.29 is 9.32 Å². The number of ketones is 1. The van der Waals surface area contributed by atoms with E-state index in [1.807, 2.05) is 26.0 Å². The summed E-state index contributed by atoms with van der Waals surface area (Å²) in [7, 11) is 0. The Hall–Kier alpha value is -2.01. The summed E-state index contributed by atoms with van der Waals surface area (Å²) in [5, 5.41) is 4.00. The maximum atomic E-state index is 12.6. The van der Waals surface area contributed by atoms with Crippen LogP contribution in [0.15, 0.2) is 28.9 Å². The summed E-state index contributed by atoms with van der Waals surface area (Å²) in [6.45, 7) is 6.49. The highest BCUT2D eigenvalue weighted by Gasteiger charge is 2.28. The van der Waals surface area contributed by atoms with E-state index < -0.39 is 0 Å². The Morgan fingerprint density at radius 3 is 2.95 bits per heavy atom. The van der Waals surface area contributed by atoms with Gasteiger partial charge in [-0.25, -0.2) is 0 Å². The number of pyridine rings is 1. The smallest absolute Gasteiger partial charge is 0.185 e. The van der Waals surface area contributed by atoms with Crippen molar-refractivity contribution in [3.63, 3.8) is 0 Å². The van der Waals surface area contributed by atoms with Gasteiger partial charge in [-0.2, -0.15) is 0 Å². The second kappa shape index (κ2) is 6.40. The first-order valence-electron chi connectivity index (χ1n) is 7.74. The molecule has 2 aromatic heterocycles. The van der Waals surface area contributed by atoms with Gasteiger partial charge in [0.2, 0.25) is 0 Å². The third-order valence-corrected chi connectivity index (χ3v) is 4.36. The molecule has 0 radical (unpaired) electrons. The van der Waals surface area contributed by atoms with Crippen LogP contribution in [0.25, 0.3) is 0 Å². The number of piperidine rings is 1. The number of likely N-dealkylation sites (tertiary alicyclic amines) is 1. The summed E-state index contributed by atoms with van der Waals surface area (Å²) < 4.78 is 5.23. The molecule has 0 amide bonds. The lowest BCUT2D eigenvalue weighted by molar-refractivity contribution is 0.0806. The van der Waals surface area contributed by atoms with Crippen molar-refractivity contribution in [2.24, 2.45) is 5.92 Å². The molecular weight excluding hydrogens is 278 g/mol. The minimum atomic E-state index is 0.0316. The molecule has 1 saturated heterocycles. The van der Waals surface area contributed by atoms with E-state index in [1.165, 1.54) is 0 Å². The molecule has 1 aliphatic heterocycles. The summed E-state index contributed by atoms with van der Waals surface area (Å²) in [6, 6.07) is 5.50. The molecule has 3 rings (SSSR count). The quantitative estimate of drug-likeness (QED) is 0.812. The zero-order chi connectivity index (χ0) is 15.5. The summed E-state index contributed by atoms with van der Waals surface area (Å²) in [4.78, 5) is 19.1. The Balaban J connectivity index is 1.68. The number of hydrogen-bond donors (Lipinski definition) is 0. The number of aryl methyl sites for hydroxylation is 2. The summed E-state index contributed by atoms with van der Waals surface area (Å²) >= 11 is 0. The fourth-order valence-corrected chi connectivity index (χ4v) is 3.08. The van der Waals surface area contributed by atoms with Crippen LogP contribution in [-0.4, -0.2) is 33.9 Å². The van der Waals surface area contributed by atoms with Crippen LogP contribution in [0.1, 0.15) is 40.3 Å². The topological polar surface area (TPSA) is 59.2 Å². The van der Waals surface area contributed by atoms with E-state index in [2.05, 4.69) is 15.0 Å². The molecule has 0 aromatic carbocycles. The zero-order valence-corrected chi connectivity index (χ0v) is 13.1. The zero-order valence-electron chi connectivity index (χ0n) is 13.1. The monoisotopic (exact) mass is 299 g/mol. The Kier molecular flexibility index (Phi) is 4.34. The lowest BCUT2D eigenvalue weighted by atomic mass is 9.91. The average molecular weight is 299 g/mol. The Morgan fingerprint density at radius 1 is 1.41 bits per heavy atom. The first-order valence-corrected chi connectivity index (χ1v) is 7.74. The van der Waals surface area contributed by atoms with Gasteiger partial charge >= 0.3 is 0 Å². The maximum absolute atomic E-state index is 12.6. The van der Waals surface area contributed by atoms with E-state index in [0.717, 1.165) is 49.5 Å². The molecule has 3 heterocycles. The van der Waals surface area contributed by atoms with E-state index in [-0.39, 0.29) is 11.7 Å². The molecule has 0 bridgehead atoms. The predicted octanol–water partition coefficient (Wildman–Crippen LogP) is 2.78. The van der Waals surface area contributed by atoms with Gasteiger partial charge in [0.15, 0.2) is 5.78 Å². The number of aromatic nitrogens is 2. The van der Waals surface area contributed by atoms with E-state index in [9.17, 15) is 4.79 Å². The van der Waals surface area contributed by atoms with Gasteiger partial charge in [-0.05, 0) is 45.4 Å². The number of hydrogen-bond acceptors (Lipinski definition) is 5. The SMILES string of the molecule is Cc1noc(C)c1CN1CCC[C@@H](C(=O)c2ccccn2)C1. The molecular formula is C17H21N3O2. The molecule has 5 heteroatoms. The third-order valence-electron chi connectivity index (χ3n) is 4.36. The largest absolute Gasteiger partial charge is 0.361 e. The fourth-order valence-electron chi connectivity index (χ4n) is 3.08. The number of nitrogens with zero attached hydrogens (tertiary/aromatic N) is 3. The molecule has 22 heavy (non-hydrogen) atoms. The standard InChI is InChI=1S/C17H21N3O2/c1-12-15(13(2)22-19-12)11-20-9-5-6-14(10-20)17(21)16-7-3-4-8-18-16/h3-4,7-8,14H,5-6,9-11H2,1-2H3/t14-/m1/s1. The highest BCUT2D eigenvalue weighted by molar-refractivity contribution is 5.96. The van der Waals surface area contributed by atoms with Gasteiger partial charge in [0.05, 0.1) is 5.69 Å².